The quantitative estimate of drug-likeness (QED) is 0.510. The van der Waals surface area contributed by atoms with Gasteiger partial charge in [-0.2, -0.15) is 0 Å². The first-order valence-electron chi connectivity index (χ1n) is 5.73. The summed E-state index contributed by atoms with van der Waals surface area (Å²) in [6, 6.07) is 0. The van der Waals surface area contributed by atoms with Crippen molar-refractivity contribution in [3.05, 3.63) is 0 Å². The highest BCUT2D eigenvalue weighted by Crippen LogP contribution is 2.82. The fourth-order valence-electron chi connectivity index (χ4n) is 4.72. The fourth-order valence-corrected chi connectivity index (χ4v) is 4.72. The average molecular weight is 192 g/mol. The van der Waals surface area contributed by atoms with Crippen LogP contribution >= 0.6 is 0 Å². The van der Waals surface area contributed by atoms with E-state index >= 15 is 0 Å². The summed E-state index contributed by atoms with van der Waals surface area (Å²) in [6.07, 6.45) is 16.7. The average Bonchev–Trinajstić information content (AvgIpc) is 3.11. The molecule has 0 aromatic heterocycles. The van der Waals surface area contributed by atoms with Crippen LogP contribution in [0.1, 0.15) is 0 Å². The van der Waals surface area contributed by atoms with Crippen LogP contribution < -0.4 is 0 Å². The van der Waals surface area contributed by atoms with Crippen molar-refractivity contribution in [1.82, 2.24) is 0 Å². The van der Waals surface area contributed by atoms with Crippen LogP contribution in [0.4, 0.5) is 0 Å². The lowest BCUT2D eigenvalue weighted by Gasteiger charge is -2.02. The second kappa shape index (κ2) is 2.10. The lowest BCUT2D eigenvalue weighted by molar-refractivity contribution is 0.434. The molecule has 15 heavy (non-hydrogen) atoms. The molecule has 0 aromatic rings. The molecule has 72 valence electrons. The topological polar surface area (TPSA) is 0 Å². The largest absolute Gasteiger partial charge is 0.120 e. The highest BCUT2D eigenvalue weighted by atomic mass is 14.8. The van der Waals surface area contributed by atoms with E-state index in [9.17, 15) is 0 Å². The Kier molecular flexibility index (Phi) is 1.11. The molecule has 4 aliphatic rings. The normalized spacial score (nSPS) is 65.8. The molecule has 0 aromatic carbocycles. The summed E-state index contributed by atoms with van der Waals surface area (Å²) in [7, 11) is 0. The van der Waals surface area contributed by atoms with Crippen LogP contribution in [-0.4, -0.2) is 0 Å². The third-order valence-electron chi connectivity index (χ3n) is 5.31. The Morgan fingerprint density at radius 2 is 0.667 bits per heavy atom. The summed E-state index contributed by atoms with van der Waals surface area (Å²) in [5.41, 5.74) is 0. The van der Waals surface area contributed by atoms with E-state index < -0.39 is 0 Å². The van der Waals surface area contributed by atoms with Gasteiger partial charge in [0, 0.05) is 17.8 Å². The van der Waals surface area contributed by atoms with Gasteiger partial charge in [0.05, 0.1) is 0 Å². The van der Waals surface area contributed by atoms with E-state index in [4.69, 9.17) is 19.3 Å². The van der Waals surface area contributed by atoms with Crippen molar-refractivity contribution in [3.8, 4) is 37.0 Å². The number of rotatable bonds is 0. The van der Waals surface area contributed by atoms with Gasteiger partial charge in [-0.1, -0.05) is 0 Å². The maximum Gasteiger partial charge on any atom is 0.0269 e. The summed E-state index contributed by atoms with van der Waals surface area (Å²) >= 11 is 0. The van der Waals surface area contributed by atoms with Crippen molar-refractivity contribution in [2.45, 2.75) is 0 Å². The molecule has 0 aliphatic heterocycles. The first-order chi connectivity index (χ1) is 7.35. The molecule has 0 bridgehead atoms. The SMILES string of the molecule is C#CC1C2C3C(C#C)C3C3C(C#C)C3C12. The summed E-state index contributed by atoms with van der Waals surface area (Å²) in [6.45, 7) is 0. The van der Waals surface area contributed by atoms with Crippen LogP contribution in [0.15, 0.2) is 0 Å². The smallest absolute Gasteiger partial charge is 0.0269 e. The Balaban J connectivity index is 1.72. The standard InChI is InChI=1S/C15H12/c1-4-7-10-11(7)13-9(6-3)15(13)14-8(5-2)12(10)14/h1-3,7-15H. The summed E-state index contributed by atoms with van der Waals surface area (Å²) in [5.74, 6) is 14.8. The van der Waals surface area contributed by atoms with Gasteiger partial charge in [0.15, 0.2) is 0 Å². The van der Waals surface area contributed by atoms with E-state index in [1.165, 1.54) is 0 Å². The van der Waals surface area contributed by atoms with Gasteiger partial charge in [-0.05, 0) is 35.5 Å². The summed E-state index contributed by atoms with van der Waals surface area (Å²) in [4.78, 5) is 0. The molecule has 0 amide bonds. The first-order valence-corrected chi connectivity index (χ1v) is 5.73. The van der Waals surface area contributed by atoms with Crippen LogP contribution in [-0.2, 0) is 0 Å². The molecule has 0 atom stereocenters. The lowest BCUT2D eigenvalue weighted by Crippen LogP contribution is -2.00. The van der Waals surface area contributed by atoms with Crippen molar-refractivity contribution in [1.29, 1.82) is 0 Å². The maximum absolute atomic E-state index is 5.58. The van der Waals surface area contributed by atoms with Crippen molar-refractivity contribution < 1.29 is 0 Å². The van der Waals surface area contributed by atoms with Gasteiger partial charge < -0.3 is 0 Å². The van der Waals surface area contributed by atoms with Crippen molar-refractivity contribution in [2.24, 2.45) is 53.3 Å². The van der Waals surface area contributed by atoms with Crippen LogP contribution in [0.25, 0.3) is 0 Å². The minimum atomic E-state index is 0.504. The number of hydrogen-bond donors (Lipinski definition) is 0. The second-order valence-corrected chi connectivity index (χ2v) is 5.54. The zero-order valence-electron chi connectivity index (χ0n) is 8.43. The van der Waals surface area contributed by atoms with Gasteiger partial charge in [0.2, 0.25) is 0 Å². The van der Waals surface area contributed by atoms with Crippen LogP contribution in [0.3, 0.4) is 0 Å². The van der Waals surface area contributed by atoms with Crippen molar-refractivity contribution in [2.75, 3.05) is 0 Å². The molecule has 4 aliphatic carbocycles. The number of hydrogen-bond acceptors (Lipinski definition) is 0. The van der Waals surface area contributed by atoms with Crippen molar-refractivity contribution in [3.63, 3.8) is 0 Å². The van der Waals surface area contributed by atoms with Crippen molar-refractivity contribution >= 4 is 0 Å². The van der Waals surface area contributed by atoms with E-state index in [1.54, 1.807) is 0 Å². The van der Waals surface area contributed by atoms with E-state index in [1.807, 2.05) is 0 Å². The third-order valence-corrected chi connectivity index (χ3v) is 5.31. The Hall–Kier alpha value is -1.32. The minimum Gasteiger partial charge on any atom is -0.120 e. The molecule has 4 fully saturated rings. The molecule has 0 unspecified atom stereocenters. The van der Waals surface area contributed by atoms with Gasteiger partial charge in [-0.25, -0.2) is 0 Å². The predicted molar refractivity (Wildman–Crippen MR) is 57.9 cm³/mol. The molecule has 0 saturated heterocycles. The third kappa shape index (κ3) is 0.664. The van der Waals surface area contributed by atoms with Gasteiger partial charge in [0.25, 0.3) is 0 Å². The Morgan fingerprint density at radius 3 is 0.800 bits per heavy atom. The van der Waals surface area contributed by atoms with Gasteiger partial charge >= 0.3 is 0 Å². The Labute approximate surface area is 90.8 Å². The summed E-state index contributed by atoms with van der Waals surface area (Å²) in [5, 5.41) is 0. The molecular formula is C15H12. The molecular weight excluding hydrogens is 180 g/mol. The highest BCUT2D eigenvalue weighted by molar-refractivity contribution is 5.38. The van der Waals surface area contributed by atoms with Gasteiger partial charge in [-0.15, -0.1) is 37.0 Å². The highest BCUT2D eigenvalue weighted by Gasteiger charge is 2.81. The number of fused-ring (bicyclic) bond motifs is 6. The molecule has 0 heteroatoms. The minimum absolute atomic E-state index is 0.504. The van der Waals surface area contributed by atoms with E-state index in [0.29, 0.717) is 17.8 Å². The Bertz CT molecular complexity index is 358. The van der Waals surface area contributed by atoms with Gasteiger partial charge in [0.1, 0.15) is 0 Å². The molecule has 4 saturated carbocycles. The molecule has 0 heterocycles. The monoisotopic (exact) mass is 192 g/mol. The second-order valence-electron chi connectivity index (χ2n) is 5.54. The fraction of sp³-hybridized carbons (Fsp3) is 0.600. The maximum atomic E-state index is 5.58. The van der Waals surface area contributed by atoms with Crippen LogP contribution in [0, 0.1) is 90.3 Å². The van der Waals surface area contributed by atoms with E-state index in [2.05, 4.69) is 17.8 Å². The zero-order chi connectivity index (χ0) is 10.3. The molecule has 0 N–H and O–H groups in total. The zero-order valence-corrected chi connectivity index (χ0v) is 8.43. The predicted octanol–water partition coefficient (Wildman–Crippen LogP) is 1.49. The summed E-state index contributed by atoms with van der Waals surface area (Å²) < 4.78 is 0. The van der Waals surface area contributed by atoms with Crippen LogP contribution in [0.5, 0.6) is 0 Å². The number of terminal acetylenes is 3. The molecule has 4 rings (SSSR count). The molecule has 0 radical (unpaired) electrons. The Morgan fingerprint density at radius 1 is 0.467 bits per heavy atom. The van der Waals surface area contributed by atoms with Gasteiger partial charge in [-0.3, -0.25) is 0 Å². The molecule has 0 nitrogen and oxygen atoms in total. The van der Waals surface area contributed by atoms with Crippen LogP contribution in [0.2, 0.25) is 0 Å². The lowest BCUT2D eigenvalue weighted by atomic mass is 10.0. The van der Waals surface area contributed by atoms with E-state index in [-0.39, 0.29) is 0 Å². The first kappa shape index (κ1) is 7.91. The molecule has 0 spiro atoms. The van der Waals surface area contributed by atoms with E-state index in [0.717, 1.165) is 35.5 Å².